The largest absolute Gasteiger partial charge is 0.394 e. The highest BCUT2D eigenvalue weighted by Crippen LogP contribution is 2.28. The standard InChI is InChI=1S/C19H26N4O2/c24-15-19(9-4-5-10-19)22-18(25)21-14-17-20-11-13-23(17)12-8-16-6-2-1-3-7-16/h1-3,6-7,11,13,24H,4-5,8-10,12,14-15H2,(H2,21,22,25). The highest BCUT2D eigenvalue weighted by atomic mass is 16.3. The van der Waals surface area contributed by atoms with Gasteiger partial charge in [0.15, 0.2) is 0 Å². The summed E-state index contributed by atoms with van der Waals surface area (Å²) < 4.78 is 2.06. The van der Waals surface area contributed by atoms with Crippen LogP contribution in [0.2, 0.25) is 0 Å². The third kappa shape index (κ3) is 4.60. The molecule has 6 nitrogen and oxygen atoms in total. The normalized spacial score (nSPS) is 15.9. The van der Waals surface area contributed by atoms with Gasteiger partial charge < -0.3 is 20.3 Å². The highest BCUT2D eigenvalue weighted by molar-refractivity contribution is 5.74. The zero-order chi connectivity index (χ0) is 17.5. The lowest BCUT2D eigenvalue weighted by atomic mass is 9.99. The Morgan fingerprint density at radius 1 is 1.24 bits per heavy atom. The summed E-state index contributed by atoms with van der Waals surface area (Å²) in [6.45, 7) is 1.18. The molecular formula is C19H26N4O2. The molecular weight excluding hydrogens is 316 g/mol. The van der Waals surface area contributed by atoms with Gasteiger partial charge in [-0.15, -0.1) is 0 Å². The molecule has 2 amide bonds. The molecule has 6 heteroatoms. The smallest absolute Gasteiger partial charge is 0.315 e. The number of carbonyl (C=O) groups excluding carboxylic acids is 1. The molecule has 25 heavy (non-hydrogen) atoms. The number of aliphatic hydroxyl groups excluding tert-OH is 1. The van der Waals surface area contributed by atoms with E-state index in [2.05, 4.69) is 32.3 Å². The second-order valence-electron chi connectivity index (χ2n) is 6.73. The van der Waals surface area contributed by atoms with Gasteiger partial charge in [0.25, 0.3) is 0 Å². The maximum atomic E-state index is 12.2. The van der Waals surface area contributed by atoms with E-state index in [-0.39, 0.29) is 12.6 Å². The summed E-state index contributed by atoms with van der Waals surface area (Å²) in [6, 6.07) is 10.1. The lowest BCUT2D eigenvalue weighted by Gasteiger charge is -2.27. The molecule has 0 spiro atoms. The van der Waals surface area contributed by atoms with E-state index in [9.17, 15) is 9.90 Å². The third-order valence-corrected chi connectivity index (χ3v) is 4.93. The topological polar surface area (TPSA) is 79.2 Å². The van der Waals surface area contributed by atoms with Crippen LogP contribution >= 0.6 is 0 Å². The lowest BCUT2D eigenvalue weighted by molar-refractivity contribution is 0.162. The molecule has 0 saturated heterocycles. The van der Waals surface area contributed by atoms with E-state index in [1.54, 1.807) is 6.20 Å². The zero-order valence-electron chi connectivity index (χ0n) is 14.4. The Kier molecular flexibility index (Phi) is 5.71. The number of rotatable bonds is 7. The first-order valence-corrected chi connectivity index (χ1v) is 8.92. The van der Waals surface area contributed by atoms with Crippen LogP contribution in [0.5, 0.6) is 0 Å². The fourth-order valence-electron chi connectivity index (χ4n) is 3.42. The first-order valence-electron chi connectivity index (χ1n) is 8.92. The maximum absolute atomic E-state index is 12.2. The van der Waals surface area contributed by atoms with Crippen molar-refractivity contribution in [3.63, 3.8) is 0 Å². The number of aromatic nitrogens is 2. The monoisotopic (exact) mass is 342 g/mol. The molecule has 1 aromatic heterocycles. The van der Waals surface area contributed by atoms with E-state index < -0.39 is 5.54 Å². The number of nitrogens with one attached hydrogen (secondary N) is 2. The number of amides is 2. The van der Waals surface area contributed by atoms with Gasteiger partial charge in [-0.1, -0.05) is 43.2 Å². The van der Waals surface area contributed by atoms with Crippen LogP contribution in [-0.4, -0.2) is 32.8 Å². The van der Waals surface area contributed by atoms with E-state index in [4.69, 9.17) is 0 Å². The van der Waals surface area contributed by atoms with Crippen molar-refractivity contribution in [2.45, 2.75) is 50.7 Å². The Hall–Kier alpha value is -2.34. The van der Waals surface area contributed by atoms with Crippen LogP contribution in [0.3, 0.4) is 0 Å². The van der Waals surface area contributed by atoms with Crippen LogP contribution in [0.1, 0.15) is 37.1 Å². The van der Waals surface area contributed by atoms with E-state index >= 15 is 0 Å². The van der Waals surface area contributed by atoms with Gasteiger partial charge in [-0.2, -0.15) is 0 Å². The molecule has 3 N–H and O–H groups in total. The van der Waals surface area contributed by atoms with Crippen LogP contribution in [0.15, 0.2) is 42.7 Å². The minimum atomic E-state index is -0.452. The van der Waals surface area contributed by atoms with E-state index in [0.717, 1.165) is 44.5 Å². The van der Waals surface area contributed by atoms with Crippen molar-refractivity contribution >= 4 is 6.03 Å². The van der Waals surface area contributed by atoms with Crippen LogP contribution < -0.4 is 10.6 Å². The second kappa shape index (κ2) is 8.16. The molecule has 1 heterocycles. The first kappa shape index (κ1) is 17.5. The molecule has 1 fully saturated rings. The van der Waals surface area contributed by atoms with Crippen molar-refractivity contribution in [2.75, 3.05) is 6.61 Å². The number of aryl methyl sites for hydroxylation is 2. The number of nitrogens with zero attached hydrogens (tertiary/aromatic N) is 2. The van der Waals surface area contributed by atoms with Crippen molar-refractivity contribution in [2.24, 2.45) is 0 Å². The summed E-state index contributed by atoms with van der Waals surface area (Å²) >= 11 is 0. The summed E-state index contributed by atoms with van der Waals surface area (Å²) in [5.41, 5.74) is 0.825. The number of aliphatic hydroxyl groups is 1. The van der Waals surface area contributed by atoms with Crippen LogP contribution in [-0.2, 0) is 19.5 Å². The van der Waals surface area contributed by atoms with E-state index in [1.165, 1.54) is 5.56 Å². The quantitative estimate of drug-likeness (QED) is 0.722. The zero-order valence-corrected chi connectivity index (χ0v) is 14.4. The minimum Gasteiger partial charge on any atom is -0.394 e. The molecule has 1 aromatic carbocycles. The third-order valence-electron chi connectivity index (χ3n) is 4.93. The van der Waals surface area contributed by atoms with Gasteiger partial charge in [-0.25, -0.2) is 9.78 Å². The summed E-state index contributed by atoms with van der Waals surface area (Å²) in [6.07, 6.45) is 8.38. The molecule has 2 aromatic rings. The Morgan fingerprint density at radius 3 is 2.72 bits per heavy atom. The molecule has 134 valence electrons. The molecule has 0 unspecified atom stereocenters. The summed E-state index contributed by atoms with van der Waals surface area (Å²) in [5, 5.41) is 15.4. The fraction of sp³-hybridized carbons (Fsp3) is 0.474. The second-order valence-corrected chi connectivity index (χ2v) is 6.73. The molecule has 0 bridgehead atoms. The minimum absolute atomic E-state index is 0.00781. The Balaban J connectivity index is 1.50. The Morgan fingerprint density at radius 2 is 2.00 bits per heavy atom. The van der Waals surface area contributed by atoms with Crippen molar-refractivity contribution in [3.05, 3.63) is 54.1 Å². The SMILES string of the molecule is O=C(NCc1nccn1CCc1ccccc1)NC1(CO)CCCC1. The predicted octanol–water partition coefficient (Wildman–Crippen LogP) is 2.23. The average molecular weight is 342 g/mol. The lowest BCUT2D eigenvalue weighted by Crippen LogP contribution is -2.52. The maximum Gasteiger partial charge on any atom is 0.315 e. The first-order chi connectivity index (χ1) is 12.2. The molecule has 1 saturated carbocycles. The van der Waals surface area contributed by atoms with Gasteiger partial charge in [-0.05, 0) is 24.8 Å². The summed E-state index contributed by atoms with van der Waals surface area (Å²) in [5.74, 6) is 0.829. The molecule has 3 rings (SSSR count). The van der Waals surface area contributed by atoms with Gasteiger partial charge in [0.05, 0.1) is 18.7 Å². The number of carbonyl (C=O) groups is 1. The van der Waals surface area contributed by atoms with Crippen LogP contribution in [0, 0.1) is 0 Å². The Labute approximate surface area is 148 Å². The number of benzene rings is 1. The number of hydrogen-bond acceptors (Lipinski definition) is 3. The van der Waals surface area contributed by atoms with Crippen molar-refractivity contribution in [1.29, 1.82) is 0 Å². The molecule has 0 atom stereocenters. The molecule has 1 aliphatic carbocycles. The molecule has 1 aliphatic rings. The summed E-state index contributed by atoms with van der Waals surface area (Å²) in [4.78, 5) is 16.5. The van der Waals surface area contributed by atoms with E-state index in [1.807, 2.05) is 24.4 Å². The number of urea groups is 1. The number of imidazole rings is 1. The Bertz CT molecular complexity index is 678. The van der Waals surface area contributed by atoms with E-state index in [0.29, 0.717) is 6.54 Å². The number of hydrogen-bond donors (Lipinski definition) is 3. The molecule has 0 radical (unpaired) electrons. The van der Waals surface area contributed by atoms with Crippen molar-refractivity contribution in [3.8, 4) is 0 Å². The average Bonchev–Trinajstić information content (AvgIpc) is 3.29. The van der Waals surface area contributed by atoms with Gasteiger partial charge in [-0.3, -0.25) is 0 Å². The van der Waals surface area contributed by atoms with Crippen molar-refractivity contribution < 1.29 is 9.90 Å². The van der Waals surface area contributed by atoms with Crippen molar-refractivity contribution in [1.82, 2.24) is 20.2 Å². The van der Waals surface area contributed by atoms with Crippen LogP contribution in [0.25, 0.3) is 0 Å². The van der Waals surface area contributed by atoms with Gasteiger partial charge in [0, 0.05) is 18.9 Å². The highest BCUT2D eigenvalue weighted by Gasteiger charge is 2.34. The van der Waals surface area contributed by atoms with Gasteiger partial charge in [0.1, 0.15) is 5.82 Å². The van der Waals surface area contributed by atoms with Gasteiger partial charge in [0.2, 0.25) is 0 Å². The van der Waals surface area contributed by atoms with Gasteiger partial charge >= 0.3 is 6.03 Å². The van der Waals surface area contributed by atoms with Crippen LogP contribution in [0.4, 0.5) is 4.79 Å². The molecule has 0 aliphatic heterocycles. The summed E-state index contributed by atoms with van der Waals surface area (Å²) in [7, 11) is 0. The predicted molar refractivity (Wildman–Crippen MR) is 96.0 cm³/mol. The fourth-order valence-corrected chi connectivity index (χ4v) is 3.42.